The van der Waals surface area contributed by atoms with Gasteiger partial charge in [-0.1, -0.05) is 0 Å². The molecular weight excluding hydrogens is 362 g/mol. The number of urea groups is 1. The first-order valence-electron chi connectivity index (χ1n) is 9.13. The Labute approximate surface area is 162 Å². The minimum absolute atomic E-state index is 0.0782. The largest absolute Gasteiger partial charge is 0.479 e. The van der Waals surface area contributed by atoms with Crippen molar-refractivity contribution in [3.8, 4) is 5.75 Å². The van der Waals surface area contributed by atoms with Gasteiger partial charge < -0.3 is 19.9 Å². The lowest BCUT2D eigenvalue weighted by atomic mass is 10.2. The molecule has 2 aliphatic rings. The Bertz CT molecular complexity index is 890. The number of thiophene rings is 1. The van der Waals surface area contributed by atoms with Crippen LogP contribution in [0.25, 0.3) is 0 Å². The van der Waals surface area contributed by atoms with Crippen molar-refractivity contribution >= 4 is 34.6 Å². The predicted octanol–water partition coefficient (Wildman–Crippen LogP) is 4.00. The van der Waals surface area contributed by atoms with E-state index in [9.17, 15) is 9.59 Å². The molecule has 3 amide bonds. The van der Waals surface area contributed by atoms with E-state index in [1.165, 1.54) is 10.4 Å². The van der Waals surface area contributed by atoms with E-state index in [2.05, 4.69) is 23.7 Å². The Kier molecular flexibility index (Phi) is 4.55. The number of aryl methyl sites for hydroxylation is 1. The van der Waals surface area contributed by atoms with Crippen LogP contribution in [0.15, 0.2) is 29.6 Å². The van der Waals surface area contributed by atoms with Crippen molar-refractivity contribution in [2.75, 3.05) is 17.3 Å². The number of nitrogens with zero attached hydrogens (tertiary/aromatic N) is 2. The second-order valence-electron chi connectivity index (χ2n) is 7.16. The van der Waals surface area contributed by atoms with Gasteiger partial charge in [0.05, 0.1) is 12.2 Å². The SMILES string of the molecule is Cc1ccsc1CN(C(=O)Nc1ccc2c(c1)O[C@@H](C)C(=O)N2C)C1CC1. The van der Waals surface area contributed by atoms with Crippen LogP contribution in [-0.2, 0) is 11.3 Å². The second-order valence-corrected chi connectivity index (χ2v) is 8.16. The first-order valence-corrected chi connectivity index (χ1v) is 10.0. The van der Waals surface area contributed by atoms with Crippen LogP contribution in [0.3, 0.4) is 0 Å². The Morgan fingerprint density at radius 2 is 2.15 bits per heavy atom. The number of nitrogens with one attached hydrogen (secondary N) is 1. The van der Waals surface area contributed by atoms with Crippen LogP contribution in [0.5, 0.6) is 5.75 Å². The highest BCUT2D eigenvalue weighted by Crippen LogP contribution is 2.36. The lowest BCUT2D eigenvalue weighted by molar-refractivity contribution is -0.125. The number of carbonyl (C=O) groups is 2. The number of fused-ring (bicyclic) bond motifs is 1. The van der Waals surface area contributed by atoms with Crippen LogP contribution in [0.1, 0.15) is 30.2 Å². The van der Waals surface area contributed by atoms with Gasteiger partial charge in [0.1, 0.15) is 5.75 Å². The third-order valence-electron chi connectivity index (χ3n) is 5.09. The van der Waals surface area contributed by atoms with Gasteiger partial charge in [-0.05, 0) is 55.8 Å². The highest BCUT2D eigenvalue weighted by atomic mass is 32.1. The fraction of sp³-hybridized carbons (Fsp3) is 0.400. The van der Waals surface area contributed by atoms with E-state index in [1.54, 1.807) is 48.4 Å². The van der Waals surface area contributed by atoms with Crippen LogP contribution in [0.4, 0.5) is 16.2 Å². The van der Waals surface area contributed by atoms with Gasteiger partial charge in [-0.2, -0.15) is 0 Å². The molecule has 1 aromatic carbocycles. The topological polar surface area (TPSA) is 61.9 Å². The molecule has 0 bridgehead atoms. The maximum atomic E-state index is 12.9. The minimum atomic E-state index is -0.529. The quantitative estimate of drug-likeness (QED) is 0.865. The normalized spacial score (nSPS) is 18.7. The first-order chi connectivity index (χ1) is 12.9. The number of ether oxygens (including phenoxy) is 1. The van der Waals surface area contributed by atoms with Crippen LogP contribution < -0.4 is 15.0 Å². The van der Waals surface area contributed by atoms with Crippen molar-refractivity contribution in [3.05, 3.63) is 40.1 Å². The Hall–Kier alpha value is -2.54. The summed E-state index contributed by atoms with van der Waals surface area (Å²) >= 11 is 1.69. The predicted molar refractivity (Wildman–Crippen MR) is 107 cm³/mol. The van der Waals surface area contributed by atoms with Gasteiger partial charge in [-0.25, -0.2) is 4.79 Å². The van der Waals surface area contributed by atoms with Gasteiger partial charge >= 0.3 is 6.03 Å². The molecule has 1 atom stereocenters. The average Bonchev–Trinajstić information content (AvgIpc) is 3.40. The molecule has 1 aliphatic heterocycles. The van der Waals surface area contributed by atoms with Gasteiger partial charge in [0, 0.05) is 29.7 Å². The molecule has 1 saturated carbocycles. The summed E-state index contributed by atoms with van der Waals surface area (Å²) in [6.45, 7) is 4.44. The molecule has 7 heteroatoms. The summed E-state index contributed by atoms with van der Waals surface area (Å²) in [6.07, 6.45) is 1.57. The monoisotopic (exact) mass is 385 g/mol. The van der Waals surface area contributed by atoms with E-state index in [0.29, 0.717) is 29.7 Å². The molecule has 0 saturated heterocycles. The average molecular weight is 385 g/mol. The van der Waals surface area contributed by atoms with E-state index in [1.807, 2.05) is 4.90 Å². The maximum Gasteiger partial charge on any atom is 0.322 e. The lowest BCUT2D eigenvalue weighted by Crippen LogP contribution is -2.42. The summed E-state index contributed by atoms with van der Waals surface area (Å²) < 4.78 is 5.70. The molecule has 142 valence electrons. The van der Waals surface area contributed by atoms with Crippen LogP contribution >= 0.6 is 11.3 Å². The van der Waals surface area contributed by atoms with Gasteiger partial charge in [0.15, 0.2) is 6.10 Å². The van der Waals surface area contributed by atoms with E-state index < -0.39 is 6.10 Å². The molecule has 1 N–H and O–H groups in total. The molecule has 1 fully saturated rings. The fourth-order valence-corrected chi connectivity index (χ4v) is 4.17. The van der Waals surface area contributed by atoms with Crippen molar-refractivity contribution in [1.82, 2.24) is 4.90 Å². The standard InChI is InChI=1S/C20H23N3O3S/c1-12-8-9-27-18(12)11-23(15-5-6-15)20(25)21-14-4-7-16-17(10-14)26-13(2)19(24)22(16)3/h4,7-10,13,15H,5-6,11H2,1-3H3,(H,21,25)/t13-/m0/s1. The molecule has 6 nitrogen and oxygen atoms in total. The van der Waals surface area contributed by atoms with Gasteiger partial charge in [0.2, 0.25) is 0 Å². The van der Waals surface area contributed by atoms with E-state index in [-0.39, 0.29) is 11.9 Å². The first kappa shape index (κ1) is 17.9. The molecule has 0 unspecified atom stereocenters. The molecule has 1 aromatic heterocycles. The van der Waals surface area contributed by atoms with Crippen LogP contribution in [-0.4, -0.2) is 36.0 Å². The van der Waals surface area contributed by atoms with Crippen molar-refractivity contribution < 1.29 is 14.3 Å². The molecule has 0 spiro atoms. The van der Waals surface area contributed by atoms with E-state index >= 15 is 0 Å². The van der Waals surface area contributed by atoms with Crippen LogP contribution in [0.2, 0.25) is 0 Å². The number of benzene rings is 1. The Morgan fingerprint density at radius 1 is 1.37 bits per heavy atom. The van der Waals surface area contributed by atoms with Crippen LogP contribution in [0, 0.1) is 6.92 Å². The summed E-state index contributed by atoms with van der Waals surface area (Å²) in [5.41, 5.74) is 2.61. The van der Waals surface area contributed by atoms with E-state index in [0.717, 1.165) is 12.8 Å². The van der Waals surface area contributed by atoms with Gasteiger partial charge in [0.25, 0.3) is 5.91 Å². The van der Waals surface area contributed by atoms with Crippen molar-refractivity contribution in [2.45, 2.75) is 45.4 Å². The summed E-state index contributed by atoms with van der Waals surface area (Å²) in [7, 11) is 1.73. The number of carbonyl (C=O) groups excluding carboxylic acids is 2. The number of likely N-dealkylation sites (N-methyl/N-ethyl adjacent to an activating group) is 1. The molecule has 1 aliphatic carbocycles. The molecule has 4 rings (SSSR count). The number of anilines is 2. The zero-order chi connectivity index (χ0) is 19.1. The van der Waals surface area contributed by atoms with Crippen molar-refractivity contribution in [3.63, 3.8) is 0 Å². The zero-order valence-electron chi connectivity index (χ0n) is 15.7. The third kappa shape index (κ3) is 3.51. The number of hydrogen-bond acceptors (Lipinski definition) is 4. The Balaban J connectivity index is 1.51. The second kappa shape index (κ2) is 6.88. The molecule has 2 heterocycles. The third-order valence-corrected chi connectivity index (χ3v) is 6.09. The molecular formula is C20H23N3O3S. The summed E-state index contributed by atoms with van der Waals surface area (Å²) in [5, 5.41) is 5.06. The highest BCUT2D eigenvalue weighted by Gasteiger charge is 2.34. The Morgan fingerprint density at radius 3 is 2.81 bits per heavy atom. The highest BCUT2D eigenvalue weighted by molar-refractivity contribution is 7.10. The fourth-order valence-electron chi connectivity index (χ4n) is 3.26. The van der Waals surface area contributed by atoms with E-state index in [4.69, 9.17) is 4.74 Å². The lowest BCUT2D eigenvalue weighted by Gasteiger charge is -2.30. The number of amides is 3. The maximum absolute atomic E-state index is 12.9. The van der Waals surface area contributed by atoms with Crippen molar-refractivity contribution in [2.24, 2.45) is 0 Å². The number of hydrogen-bond donors (Lipinski definition) is 1. The zero-order valence-corrected chi connectivity index (χ0v) is 16.5. The van der Waals surface area contributed by atoms with Gasteiger partial charge in [-0.15, -0.1) is 11.3 Å². The smallest absolute Gasteiger partial charge is 0.322 e. The molecule has 27 heavy (non-hydrogen) atoms. The summed E-state index contributed by atoms with van der Waals surface area (Å²) in [5.74, 6) is 0.528. The molecule has 0 radical (unpaired) electrons. The summed E-state index contributed by atoms with van der Waals surface area (Å²) in [6, 6.07) is 7.69. The minimum Gasteiger partial charge on any atom is -0.479 e. The summed E-state index contributed by atoms with van der Waals surface area (Å²) in [4.78, 5) is 29.6. The van der Waals surface area contributed by atoms with Crippen molar-refractivity contribution in [1.29, 1.82) is 0 Å². The van der Waals surface area contributed by atoms with Gasteiger partial charge in [-0.3, -0.25) is 4.79 Å². The molecule has 2 aromatic rings. The number of rotatable bonds is 4.